The van der Waals surface area contributed by atoms with Gasteiger partial charge >= 0.3 is 0 Å². The smallest absolute Gasteiger partial charge is 0.258 e. The number of aryl methyl sites for hydroxylation is 2. The summed E-state index contributed by atoms with van der Waals surface area (Å²) in [6, 6.07) is 1.73. The molecular formula is C16H26N4O3S. The molecule has 0 unspecified atom stereocenters. The Morgan fingerprint density at radius 3 is 2.71 bits per heavy atom. The number of fused-ring (bicyclic) bond motifs is 1. The average molecular weight is 354 g/mol. The minimum absolute atomic E-state index is 0.0594. The molecule has 0 amide bonds. The largest absolute Gasteiger partial charge is 0.376 e. The maximum absolute atomic E-state index is 12.9. The van der Waals surface area contributed by atoms with Gasteiger partial charge < -0.3 is 4.74 Å². The number of sulfonamides is 1. The third kappa shape index (κ3) is 2.69. The molecule has 24 heavy (non-hydrogen) atoms. The molecule has 3 heterocycles. The second-order valence-corrected chi connectivity index (χ2v) is 8.93. The Balaban J connectivity index is 1.56. The van der Waals surface area contributed by atoms with Gasteiger partial charge in [0.25, 0.3) is 10.0 Å². The summed E-state index contributed by atoms with van der Waals surface area (Å²) in [5.74, 6) is 0.293. The van der Waals surface area contributed by atoms with E-state index in [1.165, 1.54) is 23.9 Å². The van der Waals surface area contributed by atoms with Crippen LogP contribution in [0.3, 0.4) is 0 Å². The lowest BCUT2D eigenvalue weighted by Crippen LogP contribution is -2.71. The monoisotopic (exact) mass is 354 g/mol. The second-order valence-electron chi connectivity index (χ2n) is 7.27. The lowest BCUT2D eigenvalue weighted by molar-refractivity contribution is -0.0830. The third-order valence-electron chi connectivity index (χ3n) is 5.69. The van der Waals surface area contributed by atoms with Crippen LogP contribution in [0.15, 0.2) is 11.1 Å². The van der Waals surface area contributed by atoms with Gasteiger partial charge in [0.15, 0.2) is 5.03 Å². The molecule has 1 N–H and O–H groups in total. The van der Waals surface area contributed by atoms with Gasteiger partial charge in [-0.15, -0.1) is 0 Å². The molecule has 1 aliphatic carbocycles. The molecule has 0 aromatic carbocycles. The maximum atomic E-state index is 12.9. The minimum Gasteiger partial charge on any atom is -0.376 e. The number of nitrogens with one attached hydrogen (secondary N) is 1. The predicted molar refractivity (Wildman–Crippen MR) is 89.1 cm³/mol. The van der Waals surface area contributed by atoms with Gasteiger partial charge in [-0.25, -0.2) is 13.1 Å². The first-order valence-corrected chi connectivity index (χ1v) is 10.3. The van der Waals surface area contributed by atoms with Crippen molar-refractivity contribution < 1.29 is 13.2 Å². The highest BCUT2D eigenvalue weighted by atomic mass is 32.2. The third-order valence-corrected chi connectivity index (χ3v) is 7.20. The van der Waals surface area contributed by atoms with Gasteiger partial charge in [-0.2, -0.15) is 5.10 Å². The summed E-state index contributed by atoms with van der Waals surface area (Å²) in [7, 11) is -1.90. The van der Waals surface area contributed by atoms with E-state index in [1.54, 1.807) is 20.0 Å². The molecule has 0 radical (unpaired) electrons. The van der Waals surface area contributed by atoms with Crippen LogP contribution in [0.1, 0.15) is 31.4 Å². The summed E-state index contributed by atoms with van der Waals surface area (Å²) in [5, 5.41) is 4.40. The number of hydrogen-bond donors (Lipinski definition) is 1. The summed E-state index contributed by atoms with van der Waals surface area (Å²) in [6.07, 6.45) is 4.77. The van der Waals surface area contributed by atoms with E-state index in [0.29, 0.717) is 11.6 Å². The summed E-state index contributed by atoms with van der Waals surface area (Å²) >= 11 is 0. The van der Waals surface area contributed by atoms with E-state index in [0.717, 1.165) is 26.1 Å². The van der Waals surface area contributed by atoms with Crippen LogP contribution in [0.5, 0.6) is 0 Å². The number of aromatic nitrogens is 2. The number of hydrogen-bond acceptors (Lipinski definition) is 5. The Bertz CT molecular complexity index is 711. The van der Waals surface area contributed by atoms with E-state index in [9.17, 15) is 8.42 Å². The first-order chi connectivity index (χ1) is 11.5. The molecule has 1 aromatic heterocycles. The van der Waals surface area contributed by atoms with Gasteiger partial charge in [0.1, 0.15) is 0 Å². The molecule has 4 atom stereocenters. The molecule has 7 nitrogen and oxygen atoms in total. The molecule has 4 rings (SSSR count). The molecular weight excluding hydrogens is 328 g/mol. The zero-order valence-electron chi connectivity index (χ0n) is 14.3. The standard InChI is InChI=1S/C16H26N4O3S/c1-11-10-13(19(2)17-11)24(21,22)18-14-12-6-9-23-16(12)15(14)20-7-4-3-5-8-20/h10,12,14-16,18H,3-9H2,1-2H3/t12-,14+,15-,16-/m1/s1. The zero-order chi connectivity index (χ0) is 16.9. The predicted octanol–water partition coefficient (Wildman–Crippen LogP) is 0.649. The number of piperidine rings is 1. The first kappa shape index (κ1) is 16.5. The van der Waals surface area contributed by atoms with Gasteiger partial charge in [-0.05, 0) is 45.3 Å². The molecule has 0 spiro atoms. The summed E-state index contributed by atoms with van der Waals surface area (Å²) in [6.45, 7) is 4.63. The van der Waals surface area contributed by atoms with Crippen molar-refractivity contribution in [1.29, 1.82) is 0 Å². The van der Waals surface area contributed by atoms with Crippen LogP contribution in [0.2, 0.25) is 0 Å². The molecule has 1 aromatic rings. The fourth-order valence-corrected chi connectivity index (χ4v) is 6.07. The van der Waals surface area contributed by atoms with E-state index in [-0.39, 0.29) is 23.2 Å². The average Bonchev–Trinajstić information content (AvgIpc) is 3.10. The molecule has 3 aliphatic rings. The lowest BCUT2D eigenvalue weighted by atomic mass is 9.71. The minimum atomic E-state index is -3.57. The van der Waals surface area contributed by atoms with E-state index < -0.39 is 10.0 Å². The summed E-state index contributed by atoms with van der Waals surface area (Å²) in [4.78, 5) is 2.43. The normalized spacial score (nSPS) is 34.1. The highest BCUT2D eigenvalue weighted by Crippen LogP contribution is 2.43. The van der Waals surface area contributed by atoms with E-state index >= 15 is 0 Å². The van der Waals surface area contributed by atoms with Gasteiger partial charge in [0.2, 0.25) is 0 Å². The Kier molecular flexibility index (Phi) is 4.19. The van der Waals surface area contributed by atoms with Crippen molar-refractivity contribution in [3.8, 4) is 0 Å². The van der Waals surface area contributed by atoms with Crippen LogP contribution >= 0.6 is 0 Å². The van der Waals surface area contributed by atoms with Crippen molar-refractivity contribution in [1.82, 2.24) is 19.4 Å². The second kappa shape index (κ2) is 6.09. The van der Waals surface area contributed by atoms with Crippen LogP contribution in [0, 0.1) is 12.8 Å². The number of rotatable bonds is 4. The van der Waals surface area contributed by atoms with E-state index in [2.05, 4.69) is 14.7 Å². The fraction of sp³-hybridized carbons (Fsp3) is 0.812. The van der Waals surface area contributed by atoms with Gasteiger partial charge in [0, 0.05) is 25.6 Å². The van der Waals surface area contributed by atoms with Crippen molar-refractivity contribution in [3.05, 3.63) is 11.8 Å². The highest BCUT2D eigenvalue weighted by molar-refractivity contribution is 7.89. The molecule has 2 aliphatic heterocycles. The lowest BCUT2D eigenvalue weighted by Gasteiger charge is -2.53. The van der Waals surface area contributed by atoms with Crippen LogP contribution in [-0.4, -0.2) is 61.0 Å². The van der Waals surface area contributed by atoms with Crippen LogP contribution in [-0.2, 0) is 21.8 Å². The quantitative estimate of drug-likeness (QED) is 0.859. The Labute approximate surface area is 143 Å². The molecule has 3 fully saturated rings. The molecule has 8 heteroatoms. The molecule has 1 saturated carbocycles. The summed E-state index contributed by atoms with van der Waals surface area (Å²) < 4.78 is 36.0. The molecule has 0 bridgehead atoms. The number of likely N-dealkylation sites (tertiary alicyclic amines) is 1. The van der Waals surface area contributed by atoms with Crippen LogP contribution in [0.25, 0.3) is 0 Å². The molecule has 134 valence electrons. The van der Waals surface area contributed by atoms with Crippen molar-refractivity contribution in [2.45, 2.75) is 55.8 Å². The van der Waals surface area contributed by atoms with Crippen LogP contribution in [0.4, 0.5) is 0 Å². The number of ether oxygens (including phenoxy) is 1. The van der Waals surface area contributed by atoms with Crippen molar-refractivity contribution in [3.63, 3.8) is 0 Å². The highest BCUT2D eigenvalue weighted by Gasteiger charge is 2.57. The zero-order valence-corrected chi connectivity index (χ0v) is 15.1. The fourth-order valence-electron chi connectivity index (χ4n) is 4.56. The maximum Gasteiger partial charge on any atom is 0.258 e. The SMILES string of the molecule is Cc1cc(S(=O)(=O)N[C@H]2[C@H]3CCO[C@H]3[C@@H]2N2CCCCC2)n(C)n1. The Hall–Kier alpha value is -0.960. The first-order valence-electron chi connectivity index (χ1n) is 8.86. The Morgan fingerprint density at radius 2 is 2.04 bits per heavy atom. The number of nitrogens with zero attached hydrogens (tertiary/aromatic N) is 3. The summed E-state index contributed by atoms with van der Waals surface area (Å²) in [5.41, 5.74) is 0.709. The topological polar surface area (TPSA) is 76.5 Å². The van der Waals surface area contributed by atoms with Gasteiger partial charge in [-0.1, -0.05) is 6.42 Å². The van der Waals surface area contributed by atoms with E-state index in [4.69, 9.17) is 4.74 Å². The van der Waals surface area contributed by atoms with Gasteiger partial charge in [-0.3, -0.25) is 9.58 Å². The van der Waals surface area contributed by atoms with E-state index in [1.807, 2.05) is 0 Å². The van der Waals surface area contributed by atoms with Crippen LogP contribution < -0.4 is 4.72 Å². The molecule has 2 saturated heterocycles. The van der Waals surface area contributed by atoms with Crippen molar-refractivity contribution >= 4 is 10.0 Å². The van der Waals surface area contributed by atoms with Crippen molar-refractivity contribution in [2.75, 3.05) is 19.7 Å². The Morgan fingerprint density at radius 1 is 1.29 bits per heavy atom. The van der Waals surface area contributed by atoms with Gasteiger partial charge in [0.05, 0.1) is 17.8 Å². The van der Waals surface area contributed by atoms with Crippen molar-refractivity contribution in [2.24, 2.45) is 13.0 Å².